The van der Waals surface area contributed by atoms with Crippen molar-refractivity contribution in [2.24, 2.45) is 5.92 Å². The van der Waals surface area contributed by atoms with Crippen molar-refractivity contribution in [3.8, 4) is 11.5 Å². The molecule has 0 bridgehead atoms. The van der Waals surface area contributed by atoms with Gasteiger partial charge in [0.15, 0.2) is 11.5 Å². The van der Waals surface area contributed by atoms with Crippen molar-refractivity contribution < 1.29 is 14.3 Å². The summed E-state index contributed by atoms with van der Waals surface area (Å²) in [5.74, 6) is 2.50. The fourth-order valence-electron chi connectivity index (χ4n) is 4.54. The topological polar surface area (TPSA) is 54.0 Å². The molecular formula is C22H36ClN3O3. The number of carbonyl (C=O) groups excluding carboxylic acids is 1. The van der Waals surface area contributed by atoms with Crippen molar-refractivity contribution in [1.29, 1.82) is 0 Å². The highest BCUT2D eigenvalue weighted by molar-refractivity contribution is 5.85. The highest BCUT2D eigenvalue weighted by Crippen LogP contribution is 2.37. The molecule has 3 rings (SSSR count). The van der Waals surface area contributed by atoms with E-state index in [0.29, 0.717) is 6.54 Å². The Morgan fingerprint density at radius 1 is 1.10 bits per heavy atom. The maximum atomic E-state index is 13.0. The summed E-state index contributed by atoms with van der Waals surface area (Å²) in [5.41, 5.74) is 1.13. The number of benzene rings is 1. The lowest BCUT2D eigenvalue weighted by Crippen LogP contribution is -2.43. The minimum absolute atomic E-state index is 0. The van der Waals surface area contributed by atoms with Gasteiger partial charge < -0.3 is 19.7 Å². The number of hydrogen-bond donors (Lipinski definition) is 1. The molecule has 0 saturated carbocycles. The summed E-state index contributed by atoms with van der Waals surface area (Å²) in [6.07, 6.45) is 5.71. The van der Waals surface area contributed by atoms with Gasteiger partial charge in [-0.1, -0.05) is 6.07 Å². The maximum absolute atomic E-state index is 13.0. The lowest BCUT2D eigenvalue weighted by atomic mass is 9.93. The predicted octanol–water partition coefficient (Wildman–Crippen LogP) is 3.11. The first-order chi connectivity index (χ1) is 13.7. The van der Waals surface area contributed by atoms with Crippen LogP contribution in [0, 0.1) is 5.92 Å². The van der Waals surface area contributed by atoms with Gasteiger partial charge >= 0.3 is 0 Å². The molecule has 1 N–H and O–H groups in total. The molecule has 164 valence electrons. The Morgan fingerprint density at radius 3 is 2.48 bits per heavy atom. The smallest absolute Gasteiger partial charge is 0.237 e. The number of amides is 1. The lowest BCUT2D eigenvalue weighted by Gasteiger charge is -2.33. The quantitative estimate of drug-likeness (QED) is 0.693. The van der Waals surface area contributed by atoms with Gasteiger partial charge in [-0.05, 0) is 82.4 Å². The molecule has 1 atom stereocenters. The van der Waals surface area contributed by atoms with Crippen LogP contribution in [0.4, 0.5) is 0 Å². The van der Waals surface area contributed by atoms with Crippen LogP contribution in [0.3, 0.4) is 0 Å². The van der Waals surface area contributed by atoms with E-state index in [9.17, 15) is 4.79 Å². The average molecular weight is 426 g/mol. The van der Waals surface area contributed by atoms with Crippen molar-refractivity contribution in [2.45, 2.75) is 38.1 Å². The van der Waals surface area contributed by atoms with E-state index >= 15 is 0 Å². The molecule has 1 amide bonds. The van der Waals surface area contributed by atoms with Gasteiger partial charge in [0.2, 0.25) is 5.91 Å². The zero-order chi connectivity index (χ0) is 19.9. The molecule has 2 aliphatic heterocycles. The monoisotopic (exact) mass is 425 g/mol. The van der Waals surface area contributed by atoms with Crippen molar-refractivity contribution in [3.05, 3.63) is 23.8 Å². The molecule has 0 aromatic heterocycles. The van der Waals surface area contributed by atoms with Crippen LogP contribution in [0.25, 0.3) is 0 Å². The summed E-state index contributed by atoms with van der Waals surface area (Å²) < 4.78 is 10.8. The molecule has 2 fully saturated rings. The van der Waals surface area contributed by atoms with Crippen LogP contribution < -0.4 is 14.8 Å². The largest absolute Gasteiger partial charge is 0.493 e. The Bertz CT molecular complexity index is 650. The Labute approximate surface area is 181 Å². The SMILES string of the molecule is CNCCC1CCN(CC(=O)N2CCCC2c2ccc(OC)c(OC)c2)CC1.Cl. The van der Waals surface area contributed by atoms with Gasteiger partial charge in [0, 0.05) is 6.54 Å². The third-order valence-corrected chi connectivity index (χ3v) is 6.23. The molecule has 0 radical (unpaired) electrons. The summed E-state index contributed by atoms with van der Waals surface area (Å²) in [6.45, 7) is 4.55. The Kier molecular flexibility index (Phi) is 9.53. The molecule has 6 nitrogen and oxygen atoms in total. The molecule has 2 saturated heterocycles. The molecule has 7 heteroatoms. The standard InChI is InChI=1S/C22H35N3O3.ClH/c1-23-11-8-17-9-13-24(14-10-17)16-22(26)25-12-4-5-19(25)18-6-7-20(27-2)21(15-18)28-3;/h6-7,15,17,19,23H,4-5,8-14,16H2,1-3H3;1H. The zero-order valence-corrected chi connectivity index (χ0v) is 18.8. The Morgan fingerprint density at radius 2 is 1.83 bits per heavy atom. The molecule has 0 spiro atoms. The number of ether oxygens (including phenoxy) is 2. The number of halogens is 1. The van der Waals surface area contributed by atoms with Crippen LogP contribution in [0.15, 0.2) is 18.2 Å². The second kappa shape index (κ2) is 11.6. The predicted molar refractivity (Wildman–Crippen MR) is 118 cm³/mol. The molecule has 2 aliphatic rings. The summed E-state index contributed by atoms with van der Waals surface area (Å²) in [6, 6.07) is 6.15. The minimum atomic E-state index is 0. The second-order valence-electron chi connectivity index (χ2n) is 7.97. The van der Waals surface area contributed by atoms with Crippen LogP contribution in [0.2, 0.25) is 0 Å². The van der Waals surface area contributed by atoms with Crippen LogP contribution in [0.5, 0.6) is 11.5 Å². The van der Waals surface area contributed by atoms with E-state index in [1.54, 1.807) is 14.2 Å². The summed E-state index contributed by atoms with van der Waals surface area (Å²) in [5, 5.41) is 3.24. The van der Waals surface area contributed by atoms with E-state index in [2.05, 4.69) is 21.2 Å². The molecule has 0 aliphatic carbocycles. The van der Waals surface area contributed by atoms with Gasteiger partial charge in [0.1, 0.15) is 0 Å². The fraction of sp³-hybridized carbons (Fsp3) is 0.682. The third-order valence-electron chi connectivity index (χ3n) is 6.23. The average Bonchev–Trinajstić information content (AvgIpc) is 3.22. The first-order valence-corrected chi connectivity index (χ1v) is 10.5. The molecule has 1 unspecified atom stereocenters. The van der Waals surface area contributed by atoms with E-state index < -0.39 is 0 Å². The van der Waals surface area contributed by atoms with Gasteiger partial charge in [-0.3, -0.25) is 9.69 Å². The van der Waals surface area contributed by atoms with Crippen molar-refractivity contribution >= 4 is 18.3 Å². The number of nitrogens with one attached hydrogen (secondary N) is 1. The van der Waals surface area contributed by atoms with Crippen molar-refractivity contribution in [2.75, 3.05) is 54.0 Å². The fourth-order valence-corrected chi connectivity index (χ4v) is 4.54. The highest BCUT2D eigenvalue weighted by Gasteiger charge is 2.32. The van der Waals surface area contributed by atoms with E-state index in [1.165, 1.54) is 19.3 Å². The first kappa shape index (κ1) is 23.8. The number of nitrogens with zero attached hydrogens (tertiary/aromatic N) is 2. The van der Waals surface area contributed by atoms with Crippen molar-refractivity contribution in [1.82, 2.24) is 15.1 Å². The number of hydrogen-bond acceptors (Lipinski definition) is 5. The van der Waals surface area contributed by atoms with Gasteiger partial charge in [0.05, 0.1) is 26.8 Å². The minimum Gasteiger partial charge on any atom is -0.493 e. The summed E-state index contributed by atoms with van der Waals surface area (Å²) in [4.78, 5) is 17.4. The third kappa shape index (κ3) is 6.00. The number of methoxy groups -OCH3 is 2. The normalized spacial score (nSPS) is 20.4. The molecule has 1 aromatic rings. The van der Waals surface area contributed by atoms with Gasteiger partial charge in [-0.2, -0.15) is 0 Å². The first-order valence-electron chi connectivity index (χ1n) is 10.5. The van der Waals surface area contributed by atoms with Crippen LogP contribution in [-0.2, 0) is 4.79 Å². The molecule has 1 aromatic carbocycles. The van der Waals surface area contributed by atoms with E-state index in [-0.39, 0.29) is 24.4 Å². The number of carbonyl (C=O) groups is 1. The van der Waals surface area contributed by atoms with E-state index in [0.717, 1.165) is 62.0 Å². The zero-order valence-electron chi connectivity index (χ0n) is 18.0. The van der Waals surface area contributed by atoms with Gasteiger partial charge in [-0.15, -0.1) is 12.4 Å². The van der Waals surface area contributed by atoms with Gasteiger partial charge in [-0.25, -0.2) is 0 Å². The highest BCUT2D eigenvalue weighted by atomic mass is 35.5. The number of rotatable bonds is 8. The van der Waals surface area contributed by atoms with Crippen LogP contribution >= 0.6 is 12.4 Å². The lowest BCUT2D eigenvalue weighted by molar-refractivity contribution is -0.133. The van der Waals surface area contributed by atoms with Crippen LogP contribution in [-0.4, -0.2) is 69.7 Å². The Balaban J connectivity index is 0.00000300. The van der Waals surface area contributed by atoms with Crippen molar-refractivity contribution in [3.63, 3.8) is 0 Å². The second-order valence-corrected chi connectivity index (χ2v) is 7.97. The summed E-state index contributed by atoms with van der Waals surface area (Å²) >= 11 is 0. The molecule has 29 heavy (non-hydrogen) atoms. The summed E-state index contributed by atoms with van der Waals surface area (Å²) in [7, 11) is 5.31. The molecular weight excluding hydrogens is 390 g/mol. The van der Waals surface area contributed by atoms with Gasteiger partial charge in [0.25, 0.3) is 0 Å². The van der Waals surface area contributed by atoms with Crippen LogP contribution in [0.1, 0.15) is 43.7 Å². The number of likely N-dealkylation sites (tertiary alicyclic amines) is 2. The number of piperidine rings is 1. The van der Waals surface area contributed by atoms with E-state index in [1.807, 2.05) is 19.2 Å². The maximum Gasteiger partial charge on any atom is 0.237 e. The van der Waals surface area contributed by atoms with E-state index in [4.69, 9.17) is 9.47 Å². The Hall–Kier alpha value is -1.50. The molecule has 2 heterocycles.